The highest BCUT2D eigenvalue weighted by Crippen LogP contribution is 2.29. The Bertz CT molecular complexity index is 724. The van der Waals surface area contributed by atoms with Crippen LogP contribution in [0.3, 0.4) is 0 Å². The summed E-state index contributed by atoms with van der Waals surface area (Å²) in [4.78, 5) is 5.31. The van der Waals surface area contributed by atoms with E-state index in [9.17, 15) is 5.11 Å². The quantitative estimate of drug-likeness (QED) is 0.734. The highest BCUT2D eigenvalue weighted by atomic mass is 32.1. The average Bonchev–Trinajstić information content (AvgIpc) is 2.99. The SMILES string of the molecule is COc1cccc(CNC[C@@H](O)c2cc3ccccc3s2)n1. The lowest BCUT2D eigenvalue weighted by Gasteiger charge is -2.10. The molecule has 5 heteroatoms. The largest absolute Gasteiger partial charge is 0.481 e. The molecule has 0 spiro atoms. The summed E-state index contributed by atoms with van der Waals surface area (Å²) in [5.41, 5.74) is 0.892. The van der Waals surface area contributed by atoms with Gasteiger partial charge in [-0.25, -0.2) is 4.98 Å². The molecule has 2 heterocycles. The maximum Gasteiger partial charge on any atom is 0.213 e. The topological polar surface area (TPSA) is 54.4 Å². The van der Waals surface area contributed by atoms with E-state index in [4.69, 9.17) is 4.74 Å². The third-order valence-electron chi connectivity index (χ3n) is 3.41. The Hall–Kier alpha value is -1.95. The maximum absolute atomic E-state index is 10.3. The molecule has 0 radical (unpaired) electrons. The van der Waals surface area contributed by atoms with E-state index in [1.165, 1.54) is 10.1 Å². The number of aliphatic hydroxyl groups excluding tert-OH is 1. The van der Waals surface area contributed by atoms with Crippen LogP contribution in [-0.2, 0) is 6.54 Å². The lowest BCUT2D eigenvalue weighted by Crippen LogP contribution is -2.21. The van der Waals surface area contributed by atoms with E-state index in [0.717, 1.165) is 10.6 Å². The number of ether oxygens (including phenoxy) is 1. The number of benzene rings is 1. The predicted molar refractivity (Wildman–Crippen MR) is 89.3 cm³/mol. The number of aliphatic hydroxyl groups is 1. The summed E-state index contributed by atoms with van der Waals surface area (Å²) in [6.07, 6.45) is -0.511. The van der Waals surface area contributed by atoms with Crippen LogP contribution >= 0.6 is 11.3 Å². The minimum absolute atomic E-state index is 0.492. The molecule has 0 saturated carbocycles. The van der Waals surface area contributed by atoms with Crippen molar-refractivity contribution in [2.45, 2.75) is 12.6 Å². The van der Waals surface area contributed by atoms with Crippen molar-refractivity contribution < 1.29 is 9.84 Å². The van der Waals surface area contributed by atoms with E-state index in [1.54, 1.807) is 18.4 Å². The highest BCUT2D eigenvalue weighted by molar-refractivity contribution is 7.19. The van der Waals surface area contributed by atoms with Crippen LogP contribution in [-0.4, -0.2) is 23.7 Å². The molecule has 2 aromatic heterocycles. The molecule has 3 rings (SSSR count). The van der Waals surface area contributed by atoms with Crippen molar-refractivity contribution in [2.75, 3.05) is 13.7 Å². The summed E-state index contributed by atoms with van der Waals surface area (Å²) < 4.78 is 6.30. The van der Waals surface area contributed by atoms with E-state index < -0.39 is 6.10 Å². The number of thiophene rings is 1. The van der Waals surface area contributed by atoms with Crippen molar-refractivity contribution in [1.82, 2.24) is 10.3 Å². The van der Waals surface area contributed by atoms with Gasteiger partial charge in [0.1, 0.15) is 6.10 Å². The first kappa shape index (κ1) is 15.0. The maximum atomic E-state index is 10.3. The van der Waals surface area contributed by atoms with Gasteiger partial charge in [-0.2, -0.15) is 0 Å². The van der Waals surface area contributed by atoms with Crippen LogP contribution in [0.1, 0.15) is 16.7 Å². The van der Waals surface area contributed by atoms with Crippen LogP contribution in [0, 0.1) is 0 Å². The van der Waals surface area contributed by atoms with Gasteiger partial charge in [0.2, 0.25) is 5.88 Å². The number of fused-ring (bicyclic) bond motifs is 1. The van der Waals surface area contributed by atoms with Crippen molar-refractivity contribution in [3.63, 3.8) is 0 Å². The first-order chi connectivity index (χ1) is 10.8. The molecule has 0 amide bonds. The van der Waals surface area contributed by atoms with Gasteiger partial charge in [-0.1, -0.05) is 24.3 Å². The van der Waals surface area contributed by atoms with Crippen molar-refractivity contribution >= 4 is 21.4 Å². The second-order valence-corrected chi connectivity index (χ2v) is 6.12. The van der Waals surface area contributed by atoms with Gasteiger partial charge in [-0.3, -0.25) is 0 Å². The summed E-state index contributed by atoms with van der Waals surface area (Å²) in [5, 5.41) is 14.7. The van der Waals surface area contributed by atoms with E-state index in [0.29, 0.717) is 19.0 Å². The fourth-order valence-electron chi connectivity index (χ4n) is 2.27. The third-order valence-corrected chi connectivity index (χ3v) is 4.62. The van der Waals surface area contributed by atoms with Crippen LogP contribution in [0.15, 0.2) is 48.5 Å². The van der Waals surface area contributed by atoms with Gasteiger partial charge in [-0.15, -0.1) is 11.3 Å². The number of rotatable bonds is 6. The summed E-state index contributed by atoms with van der Waals surface area (Å²) in [6.45, 7) is 1.09. The number of aromatic nitrogens is 1. The van der Waals surface area contributed by atoms with Crippen LogP contribution in [0.25, 0.3) is 10.1 Å². The number of methoxy groups -OCH3 is 1. The lowest BCUT2D eigenvalue weighted by molar-refractivity contribution is 0.178. The van der Waals surface area contributed by atoms with E-state index in [-0.39, 0.29) is 0 Å². The molecule has 22 heavy (non-hydrogen) atoms. The molecule has 0 aliphatic carbocycles. The molecule has 3 aromatic rings. The predicted octanol–water partition coefficient (Wildman–Crippen LogP) is 3.13. The molecular weight excluding hydrogens is 296 g/mol. The zero-order chi connectivity index (χ0) is 15.4. The minimum atomic E-state index is -0.511. The Morgan fingerprint density at radius 3 is 2.91 bits per heavy atom. The number of pyridine rings is 1. The molecule has 2 N–H and O–H groups in total. The van der Waals surface area contributed by atoms with Crippen molar-refractivity contribution in [1.29, 1.82) is 0 Å². The number of hydrogen-bond acceptors (Lipinski definition) is 5. The van der Waals surface area contributed by atoms with Crippen LogP contribution in [0.4, 0.5) is 0 Å². The molecule has 4 nitrogen and oxygen atoms in total. The zero-order valence-corrected chi connectivity index (χ0v) is 13.1. The van der Waals surface area contributed by atoms with Gasteiger partial charge in [0.25, 0.3) is 0 Å². The molecule has 0 bridgehead atoms. The fourth-order valence-corrected chi connectivity index (χ4v) is 3.32. The van der Waals surface area contributed by atoms with Gasteiger partial charge in [-0.05, 0) is 23.6 Å². The van der Waals surface area contributed by atoms with E-state index in [2.05, 4.69) is 28.5 Å². The zero-order valence-electron chi connectivity index (χ0n) is 12.3. The molecule has 0 unspecified atom stereocenters. The summed E-state index contributed by atoms with van der Waals surface area (Å²) in [6, 6.07) is 15.9. The lowest BCUT2D eigenvalue weighted by atomic mass is 10.2. The Labute approximate surface area is 133 Å². The Balaban J connectivity index is 1.58. The molecule has 0 saturated heterocycles. The van der Waals surface area contributed by atoms with Gasteiger partial charge in [0.05, 0.1) is 12.8 Å². The Morgan fingerprint density at radius 1 is 1.23 bits per heavy atom. The second kappa shape index (κ2) is 6.87. The first-order valence-corrected chi connectivity index (χ1v) is 7.95. The Morgan fingerprint density at radius 2 is 2.09 bits per heavy atom. The molecule has 0 aliphatic rings. The monoisotopic (exact) mass is 314 g/mol. The number of nitrogens with one attached hydrogen (secondary N) is 1. The molecule has 0 fully saturated rings. The van der Waals surface area contributed by atoms with Crippen molar-refractivity contribution in [3.05, 3.63) is 59.1 Å². The standard InChI is InChI=1S/C17H18N2O2S/c1-21-17-8-4-6-13(19-17)10-18-11-14(20)16-9-12-5-2-3-7-15(12)22-16/h2-9,14,18,20H,10-11H2,1H3/t14-/m1/s1. The number of hydrogen-bond donors (Lipinski definition) is 2. The van der Waals surface area contributed by atoms with Crippen LogP contribution < -0.4 is 10.1 Å². The molecular formula is C17H18N2O2S. The summed E-state index contributed by atoms with van der Waals surface area (Å²) >= 11 is 1.63. The van der Waals surface area contributed by atoms with Gasteiger partial charge in [0, 0.05) is 28.7 Å². The minimum Gasteiger partial charge on any atom is -0.481 e. The second-order valence-electron chi connectivity index (χ2n) is 5.00. The van der Waals surface area contributed by atoms with Gasteiger partial charge < -0.3 is 15.2 Å². The van der Waals surface area contributed by atoms with Crippen molar-refractivity contribution in [2.24, 2.45) is 0 Å². The summed E-state index contributed by atoms with van der Waals surface area (Å²) in [5.74, 6) is 0.601. The van der Waals surface area contributed by atoms with Crippen molar-refractivity contribution in [3.8, 4) is 5.88 Å². The summed E-state index contributed by atoms with van der Waals surface area (Å²) in [7, 11) is 1.60. The Kier molecular flexibility index (Phi) is 4.68. The van der Waals surface area contributed by atoms with E-state index >= 15 is 0 Å². The van der Waals surface area contributed by atoms with Crippen LogP contribution in [0.2, 0.25) is 0 Å². The molecule has 1 atom stereocenters. The van der Waals surface area contributed by atoms with Crippen LogP contribution in [0.5, 0.6) is 5.88 Å². The highest BCUT2D eigenvalue weighted by Gasteiger charge is 2.11. The smallest absolute Gasteiger partial charge is 0.213 e. The molecule has 0 aliphatic heterocycles. The third kappa shape index (κ3) is 3.44. The normalized spacial score (nSPS) is 12.5. The molecule has 114 valence electrons. The molecule has 1 aromatic carbocycles. The van der Waals surface area contributed by atoms with E-state index in [1.807, 2.05) is 30.3 Å². The average molecular weight is 314 g/mol. The van der Waals surface area contributed by atoms with Gasteiger partial charge in [0.15, 0.2) is 0 Å². The van der Waals surface area contributed by atoms with Gasteiger partial charge >= 0.3 is 0 Å². The first-order valence-electron chi connectivity index (χ1n) is 7.13. The fraction of sp³-hybridized carbons (Fsp3) is 0.235. The number of nitrogens with zero attached hydrogens (tertiary/aromatic N) is 1.